The number of pyridine rings is 1. The monoisotopic (exact) mass is 365 g/mol. The van der Waals surface area contributed by atoms with E-state index in [0.717, 1.165) is 4.90 Å². The van der Waals surface area contributed by atoms with Crippen molar-refractivity contribution in [1.82, 2.24) is 25.0 Å². The van der Waals surface area contributed by atoms with Gasteiger partial charge in [-0.2, -0.15) is 5.10 Å². The minimum atomic E-state index is -3.04. The van der Waals surface area contributed by atoms with E-state index in [1.807, 2.05) is 0 Å². The summed E-state index contributed by atoms with van der Waals surface area (Å²) in [5.41, 5.74) is 1.46. The molecule has 10 heteroatoms. The number of aromatic nitrogens is 3. The van der Waals surface area contributed by atoms with Crippen LogP contribution in [-0.4, -0.2) is 65.6 Å². The SMILES string of the molecule is CNC(=O)N(C)C(=O)c1cnc2c(c1)c(C)nn2[C@H]1CCS(=O)(=O)C1. The molecule has 0 radical (unpaired) electrons. The van der Waals surface area contributed by atoms with Gasteiger partial charge < -0.3 is 5.32 Å². The summed E-state index contributed by atoms with van der Waals surface area (Å²) in [7, 11) is -0.220. The maximum atomic E-state index is 12.4. The molecule has 0 spiro atoms. The molecule has 1 aliphatic heterocycles. The fourth-order valence-electron chi connectivity index (χ4n) is 2.96. The smallest absolute Gasteiger partial charge is 0.323 e. The first kappa shape index (κ1) is 17.3. The number of carbonyl (C=O) groups excluding carboxylic acids is 2. The van der Waals surface area contributed by atoms with Gasteiger partial charge in [0.1, 0.15) is 0 Å². The van der Waals surface area contributed by atoms with Crippen LogP contribution < -0.4 is 5.32 Å². The molecule has 0 aromatic carbocycles. The van der Waals surface area contributed by atoms with E-state index in [1.54, 1.807) is 17.7 Å². The van der Waals surface area contributed by atoms with Gasteiger partial charge in [-0.3, -0.25) is 9.69 Å². The van der Waals surface area contributed by atoms with E-state index in [2.05, 4.69) is 15.4 Å². The maximum absolute atomic E-state index is 12.4. The van der Waals surface area contributed by atoms with Crippen molar-refractivity contribution in [3.63, 3.8) is 0 Å². The first-order chi connectivity index (χ1) is 11.7. The molecule has 2 aromatic heterocycles. The summed E-state index contributed by atoms with van der Waals surface area (Å²) >= 11 is 0. The minimum Gasteiger partial charge on any atom is -0.341 e. The Hall–Kier alpha value is -2.49. The van der Waals surface area contributed by atoms with Gasteiger partial charge in [-0.15, -0.1) is 0 Å². The fourth-order valence-corrected chi connectivity index (χ4v) is 4.65. The lowest BCUT2D eigenvalue weighted by molar-refractivity contribution is 0.0832. The number of carbonyl (C=O) groups is 2. The van der Waals surface area contributed by atoms with Crippen molar-refractivity contribution in [3.05, 3.63) is 23.5 Å². The van der Waals surface area contributed by atoms with Gasteiger partial charge in [0.25, 0.3) is 5.91 Å². The molecule has 1 fully saturated rings. The van der Waals surface area contributed by atoms with E-state index in [1.165, 1.54) is 20.3 Å². The van der Waals surface area contributed by atoms with Crippen LogP contribution in [0.15, 0.2) is 12.3 Å². The number of aryl methyl sites for hydroxylation is 1. The molecular weight excluding hydrogens is 346 g/mol. The van der Waals surface area contributed by atoms with Crippen molar-refractivity contribution >= 4 is 32.8 Å². The first-order valence-corrected chi connectivity index (χ1v) is 9.60. The van der Waals surface area contributed by atoms with E-state index in [-0.39, 0.29) is 23.1 Å². The van der Waals surface area contributed by atoms with E-state index in [9.17, 15) is 18.0 Å². The average molecular weight is 365 g/mol. The molecule has 0 unspecified atom stereocenters. The van der Waals surface area contributed by atoms with Crippen LogP contribution in [-0.2, 0) is 9.84 Å². The van der Waals surface area contributed by atoms with Gasteiger partial charge in [0, 0.05) is 25.7 Å². The molecule has 0 aliphatic carbocycles. The highest BCUT2D eigenvalue weighted by molar-refractivity contribution is 7.91. The van der Waals surface area contributed by atoms with E-state index in [0.29, 0.717) is 23.1 Å². The Labute approximate surface area is 144 Å². The van der Waals surface area contributed by atoms with Crippen molar-refractivity contribution in [1.29, 1.82) is 0 Å². The summed E-state index contributed by atoms with van der Waals surface area (Å²) in [5, 5.41) is 7.47. The lowest BCUT2D eigenvalue weighted by atomic mass is 10.2. The van der Waals surface area contributed by atoms with Gasteiger partial charge in [0.05, 0.1) is 28.8 Å². The van der Waals surface area contributed by atoms with Crippen LogP contribution in [0.4, 0.5) is 4.79 Å². The first-order valence-electron chi connectivity index (χ1n) is 7.78. The predicted molar refractivity (Wildman–Crippen MR) is 91.1 cm³/mol. The van der Waals surface area contributed by atoms with Crippen LogP contribution in [0.1, 0.15) is 28.5 Å². The molecule has 1 N–H and O–H groups in total. The number of fused-ring (bicyclic) bond motifs is 1. The molecule has 3 amide bonds. The summed E-state index contributed by atoms with van der Waals surface area (Å²) in [6.07, 6.45) is 1.88. The second-order valence-electron chi connectivity index (χ2n) is 6.10. The average Bonchev–Trinajstić information content (AvgIpc) is 3.12. The molecule has 9 nitrogen and oxygen atoms in total. The zero-order valence-electron chi connectivity index (χ0n) is 14.2. The minimum absolute atomic E-state index is 0.0466. The molecule has 134 valence electrons. The third-order valence-corrected chi connectivity index (χ3v) is 6.11. The highest BCUT2D eigenvalue weighted by atomic mass is 32.2. The second kappa shape index (κ2) is 6.10. The quantitative estimate of drug-likeness (QED) is 0.829. The van der Waals surface area contributed by atoms with Crippen molar-refractivity contribution in [2.75, 3.05) is 25.6 Å². The summed E-state index contributed by atoms with van der Waals surface area (Å²) in [4.78, 5) is 29.2. The molecule has 25 heavy (non-hydrogen) atoms. The molecule has 3 rings (SSSR count). The number of sulfone groups is 1. The van der Waals surface area contributed by atoms with E-state index < -0.39 is 21.8 Å². The van der Waals surface area contributed by atoms with E-state index in [4.69, 9.17) is 0 Å². The van der Waals surface area contributed by atoms with Gasteiger partial charge in [-0.25, -0.2) is 22.9 Å². The van der Waals surface area contributed by atoms with Gasteiger partial charge in [0.2, 0.25) is 0 Å². The standard InChI is InChI=1S/C15H19N5O4S/c1-9-12-6-10(14(21)19(3)15(22)16-2)7-17-13(12)20(18-9)11-4-5-25(23,24)8-11/h6-7,11H,4-5,8H2,1-3H3,(H,16,22)/t11-/m0/s1. The fraction of sp³-hybridized carbons (Fsp3) is 0.467. The molecule has 2 aromatic rings. The largest absolute Gasteiger partial charge is 0.341 e. The maximum Gasteiger partial charge on any atom is 0.323 e. The lowest BCUT2D eigenvalue weighted by Gasteiger charge is -2.14. The number of hydrogen-bond acceptors (Lipinski definition) is 6. The molecule has 0 bridgehead atoms. The molecular formula is C15H19N5O4S. The van der Waals surface area contributed by atoms with Gasteiger partial charge >= 0.3 is 6.03 Å². The van der Waals surface area contributed by atoms with Crippen LogP contribution in [0.5, 0.6) is 0 Å². The number of hydrogen-bond donors (Lipinski definition) is 1. The molecule has 1 saturated heterocycles. The molecule has 0 saturated carbocycles. The van der Waals surface area contributed by atoms with Crippen LogP contribution in [0.2, 0.25) is 0 Å². The summed E-state index contributed by atoms with van der Waals surface area (Å²) in [6.45, 7) is 1.78. The molecule has 1 atom stereocenters. The van der Waals surface area contributed by atoms with Gasteiger partial charge in [0.15, 0.2) is 15.5 Å². The summed E-state index contributed by atoms with van der Waals surface area (Å²) < 4.78 is 25.1. The zero-order chi connectivity index (χ0) is 18.4. The number of urea groups is 1. The number of amides is 3. The van der Waals surface area contributed by atoms with Crippen LogP contribution in [0.3, 0.4) is 0 Å². The van der Waals surface area contributed by atoms with Crippen molar-refractivity contribution in [2.24, 2.45) is 0 Å². The topological polar surface area (TPSA) is 114 Å². The Morgan fingerprint density at radius 3 is 2.72 bits per heavy atom. The number of imide groups is 1. The Morgan fingerprint density at radius 2 is 2.12 bits per heavy atom. The second-order valence-corrected chi connectivity index (χ2v) is 8.33. The number of nitrogens with zero attached hydrogens (tertiary/aromatic N) is 4. The van der Waals surface area contributed by atoms with Crippen molar-refractivity contribution < 1.29 is 18.0 Å². The third kappa shape index (κ3) is 3.09. The normalized spacial score (nSPS) is 19.1. The summed E-state index contributed by atoms with van der Waals surface area (Å²) in [5.74, 6) is -0.291. The highest BCUT2D eigenvalue weighted by Gasteiger charge is 2.31. The third-order valence-electron chi connectivity index (χ3n) is 4.36. The predicted octanol–water partition coefficient (Wildman–Crippen LogP) is 0.511. The van der Waals surface area contributed by atoms with Crippen LogP contribution in [0, 0.1) is 6.92 Å². The Kier molecular flexibility index (Phi) is 4.23. The Bertz CT molecular complexity index is 966. The van der Waals surface area contributed by atoms with Crippen LogP contribution in [0.25, 0.3) is 11.0 Å². The molecule has 3 heterocycles. The summed E-state index contributed by atoms with van der Waals surface area (Å²) in [6, 6.07) is 0.865. The Morgan fingerprint density at radius 1 is 1.40 bits per heavy atom. The van der Waals surface area contributed by atoms with E-state index >= 15 is 0 Å². The zero-order valence-corrected chi connectivity index (χ0v) is 15.0. The highest BCUT2D eigenvalue weighted by Crippen LogP contribution is 2.28. The molecule has 1 aliphatic rings. The van der Waals surface area contributed by atoms with Gasteiger partial charge in [-0.1, -0.05) is 0 Å². The number of rotatable bonds is 2. The van der Waals surface area contributed by atoms with Crippen LogP contribution >= 0.6 is 0 Å². The van der Waals surface area contributed by atoms with Gasteiger partial charge in [-0.05, 0) is 19.4 Å². The number of nitrogens with one attached hydrogen (secondary N) is 1. The van der Waals surface area contributed by atoms with Crippen molar-refractivity contribution in [2.45, 2.75) is 19.4 Å². The van der Waals surface area contributed by atoms with Crippen molar-refractivity contribution in [3.8, 4) is 0 Å². The lowest BCUT2D eigenvalue weighted by Crippen LogP contribution is -2.39. The Balaban J connectivity index is 1.99.